The third kappa shape index (κ3) is 4.02. The molecule has 1 unspecified atom stereocenters. The van der Waals surface area contributed by atoms with E-state index in [1.165, 1.54) is 24.3 Å². The van der Waals surface area contributed by atoms with E-state index in [-0.39, 0.29) is 30.1 Å². The number of Topliss-reactive ketones (excluding diaryl/α,β-unsaturated/α-hetero) is 1. The van der Waals surface area contributed by atoms with Gasteiger partial charge in [0.2, 0.25) is 0 Å². The van der Waals surface area contributed by atoms with Crippen LogP contribution in [0.3, 0.4) is 0 Å². The standard InChI is InChI=1S/C18H20BrFN4O2/c1-12-9-24(18(26)17-15(19)10-22(2)21-17)8-7-23(12)11-16(25)13-3-5-14(20)6-4-13/h3-6,10,12H,7-9,11H2,1-2H3. The van der Waals surface area contributed by atoms with Gasteiger partial charge in [-0.05, 0) is 47.1 Å². The Labute approximate surface area is 159 Å². The first-order valence-electron chi connectivity index (χ1n) is 8.36. The van der Waals surface area contributed by atoms with Gasteiger partial charge in [-0.25, -0.2) is 4.39 Å². The average Bonchev–Trinajstić information content (AvgIpc) is 2.94. The lowest BCUT2D eigenvalue weighted by Gasteiger charge is -2.39. The van der Waals surface area contributed by atoms with Gasteiger partial charge in [0.1, 0.15) is 5.82 Å². The van der Waals surface area contributed by atoms with Gasteiger partial charge in [0.15, 0.2) is 11.5 Å². The van der Waals surface area contributed by atoms with Crippen LogP contribution in [0.15, 0.2) is 34.9 Å². The molecule has 0 saturated carbocycles. The first-order chi connectivity index (χ1) is 12.3. The van der Waals surface area contributed by atoms with Crippen molar-refractivity contribution in [2.45, 2.75) is 13.0 Å². The predicted molar refractivity (Wildman–Crippen MR) is 98.6 cm³/mol. The van der Waals surface area contributed by atoms with E-state index >= 15 is 0 Å². The third-order valence-corrected chi connectivity index (χ3v) is 5.13. The molecule has 1 aromatic carbocycles. The van der Waals surface area contributed by atoms with Crippen LogP contribution in [0.5, 0.6) is 0 Å². The number of hydrogen-bond acceptors (Lipinski definition) is 4. The highest BCUT2D eigenvalue weighted by atomic mass is 79.9. The van der Waals surface area contributed by atoms with E-state index in [0.717, 1.165) is 0 Å². The summed E-state index contributed by atoms with van der Waals surface area (Å²) >= 11 is 3.36. The first kappa shape index (κ1) is 18.7. The van der Waals surface area contributed by atoms with Crippen molar-refractivity contribution >= 4 is 27.6 Å². The number of nitrogens with zero attached hydrogens (tertiary/aromatic N) is 4. The largest absolute Gasteiger partial charge is 0.334 e. The topological polar surface area (TPSA) is 58.4 Å². The van der Waals surface area contributed by atoms with Gasteiger partial charge in [-0.15, -0.1) is 0 Å². The van der Waals surface area contributed by atoms with Gasteiger partial charge >= 0.3 is 0 Å². The highest BCUT2D eigenvalue weighted by Gasteiger charge is 2.30. The van der Waals surface area contributed by atoms with Crippen LogP contribution < -0.4 is 0 Å². The van der Waals surface area contributed by atoms with Crippen LogP contribution in [0.25, 0.3) is 0 Å². The van der Waals surface area contributed by atoms with Gasteiger partial charge in [0, 0.05) is 44.5 Å². The SMILES string of the molecule is CC1CN(C(=O)c2nn(C)cc2Br)CCN1CC(=O)c1ccc(F)cc1. The number of halogens is 2. The fraction of sp³-hybridized carbons (Fsp3) is 0.389. The van der Waals surface area contributed by atoms with Crippen LogP contribution in [0.2, 0.25) is 0 Å². The minimum absolute atomic E-state index is 0.0413. The van der Waals surface area contributed by atoms with Crippen LogP contribution in [-0.2, 0) is 7.05 Å². The number of carbonyl (C=O) groups excluding carboxylic acids is 2. The Bertz CT molecular complexity index is 821. The van der Waals surface area contributed by atoms with Gasteiger partial charge in [-0.1, -0.05) is 0 Å². The molecule has 3 rings (SSSR count). The van der Waals surface area contributed by atoms with E-state index in [2.05, 4.69) is 21.0 Å². The van der Waals surface area contributed by atoms with E-state index in [4.69, 9.17) is 0 Å². The van der Waals surface area contributed by atoms with Gasteiger partial charge < -0.3 is 4.90 Å². The fourth-order valence-corrected chi connectivity index (χ4v) is 3.63. The van der Waals surface area contributed by atoms with Crippen molar-refractivity contribution in [1.82, 2.24) is 19.6 Å². The molecule has 0 aliphatic carbocycles. The number of carbonyl (C=O) groups is 2. The molecule has 0 bridgehead atoms. The van der Waals surface area contributed by atoms with E-state index in [9.17, 15) is 14.0 Å². The smallest absolute Gasteiger partial charge is 0.275 e. The molecule has 0 spiro atoms. The molecule has 0 radical (unpaired) electrons. The summed E-state index contributed by atoms with van der Waals surface area (Å²) in [6.07, 6.45) is 1.74. The number of ketones is 1. The zero-order valence-electron chi connectivity index (χ0n) is 14.7. The molecular formula is C18H20BrFN4O2. The summed E-state index contributed by atoms with van der Waals surface area (Å²) in [4.78, 5) is 28.9. The van der Waals surface area contributed by atoms with Crippen molar-refractivity contribution in [3.63, 3.8) is 0 Å². The molecule has 1 aliphatic heterocycles. The Morgan fingerprint density at radius 2 is 1.96 bits per heavy atom. The normalized spacial score (nSPS) is 18.2. The van der Waals surface area contributed by atoms with Crippen LogP contribution >= 0.6 is 15.9 Å². The molecule has 26 heavy (non-hydrogen) atoms. The highest BCUT2D eigenvalue weighted by molar-refractivity contribution is 9.10. The van der Waals surface area contributed by atoms with E-state index < -0.39 is 0 Å². The summed E-state index contributed by atoms with van der Waals surface area (Å²) in [5, 5.41) is 4.20. The van der Waals surface area contributed by atoms with Crippen molar-refractivity contribution in [2.75, 3.05) is 26.2 Å². The second-order valence-corrected chi connectivity index (χ2v) is 7.35. The quantitative estimate of drug-likeness (QED) is 0.709. The minimum atomic E-state index is -0.359. The molecular weight excluding hydrogens is 403 g/mol. The summed E-state index contributed by atoms with van der Waals surface area (Å²) in [6.45, 7) is 3.90. The lowest BCUT2D eigenvalue weighted by atomic mass is 10.1. The molecule has 0 N–H and O–H groups in total. The van der Waals surface area contributed by atoms with Gasteiger partial charge in [-0.2, -0.15) is 5.10 Å². The molecule has 1 aliphatic rings. The Morgan fingerprint density at radius 3 is 2.54 bits per heavy atom. The van der Waals surface area contributed by atoms with Gasteiger partial charge in [0.05, 0.1) is 11.0 Å². The van der Waals surface area contributed by atoms with Crippen LogP contribution in [0, 0.1) is 5.82 Å². The van der Waals surface area contributed by atoms with Crippen LogP contribution in [0.4, 0.5) is 4.39 Å². The first-order valence-corrected chi connectivity index (χ1v) is 9.15. The fourth-order valence-electron chi connectivity index (χ4n) is 3.08. The molecule has 8 heteroatoms. The van der Waals surface area contributed by atoms with Crippen LogP contribution in [-0.4, -0.2) is 63.5 Å². The molecule has 6 nitrogen and oxygen atoms in total. The van der Waals surface area contributed by atoms with Crippen molar-refractivity contribution in [3.8, 4) is 0 Å². The Hall–Kier alpha value is -2.06. The Kier molecular flexibility index (Phi) is 5.52. The molecule has 1 atom stereocenters. The maximum atomic E-state index is 13.0. The molecule has 2 aromatic rings. The molecule has 1 saturated heterocycles. The van der Waals surface area contributed by atoms with Crippen LogP contribution in [0.1, 0.15) is 27.8 Å². The molecule has 1 amide bonds. The third-order valence-electron chi connectivity index (χ3n) is 4.55. The van der Waals surface area contributed by atoms with Gasteiger partial charge in [0.25, 0.3) is 5.91 Å². The number of aryl methyl sites for hydroxylation is 1. The summed E-state index contributed by atoms with van der Waals surface area (Å²) in [5.74, 6) is -0.527. The molecule has 1 aromatic heterocycles. The molecule has 2 heterocycles. The number of amides is 1. The summed E-state index contributed by atoms with van der Waals surface area (Å²) in [5.41, 5.74) is 0.894. The van der Waals surface area contributed by atoms with Crippen molar-refractivity contribution < 1.29 is 14.0 Å². The summed E-state index contributed by atoms with van der Waals surface area (Å²) in [6, 6.07) is 5.62. The lowest BCUT2D eigenvalue weighted by Crippen LogP contribution is -2.54. The Balaban J connectivity index is 1.61. The number of aromatic nitrogens is 2. The van der Waals surface area contributed by atoms with Crippen molar-refractivity contribution in [2.24, 2.45) is 7.05 Å². The maximum Gasteiger partial charge on any atom is 0.275 e. The zero-order chi connectivity index (χ0) is 18.8. The number of piperazine rings is 1. The predicted octanol–water partition coefficient (Wildman–Crippen LogP) is 2.35. The maximum absolute atomic E-state index is 13.0. The number of hydrogen-bond donors (Lipinski definition) is 0. The Morgan fingerprint density at radius 1 is 1.27 bits per heavy atom. The number of rotatable bonds is 4. The van der Waals surface area contributed by atoms with E-state index in [1.54, 1.807) is 22.8 Å². The van der Waals surface area contributed by atoms with Crippen molar-refractivity contribution in [1.29, 1.82) is 0 Å². The zero-order valence-corrected chi connectivity index (χ0v) is 16.2. The number of benzene rings is 1. The van der Waals surface area contributed by atoms with Crippen molar-refractivity contribution in [3.05, 3.63) is 52.0 Å². The minimum Gasteiger partial charge on any atom is -0.334 e. The monoisotopic (exact) mass is 422 g/mol. The molecule has 138 valence electrons. The second kappa shape index (κ2) is 7.67. The lowest BCUT2D eigenvalue weighted by molar-refractivity contribution is 0.0496. The summed E-state index contributed by atoms with van der Waals surface area (Å²) in [7, 11) is 1.77. The molecule has 1 fully saturated rings. The van der Waals surface area contributed by atoms with E-state index in [1.807, 2.05) is 11.8 Å². The summed E-state index contributed by atoms with van der Waals surface area (Å²) < 4.78 is 15.3. The van der Waals surface area contributed by atoms with E-state index in [0.29, 0.717) is 35.4 Å². The average molecular weight is 423 g/mol. The van der Waals surface area contributed by atoms with Gasteiger partial charge in [-0.3, -0.25) is 19.2 Å². The second-order valence-electron chi connectivity index (χ2n) is 6.50. The highest BCUT2D eigenvalue weighted by Crippen LogP contribution is 2.19.